The molecule has 0 atom stereocenters. The predicted molar refractivity (Wildman–Crippen MR) is 93.0 cm³/mol. The summed E-state index contributed by atoms with van der Waals surface area (Å²) in [5, 5.41) is 2.63. The summed E-state index contributed by atoms with van der Waals surface area (Å²) in [4.78, 5) is 11.6. The average molecular weight is 307 g/mol. The van der Waals surface area contributed by atoms with Gasteiger partial charge in [-0.05, 0) is 38.0 Å². The highest BCUT2D eigenvalue weighted by Crippen LogP contribution is 2.22. The van der Waals surface area contributed by atoms with Crippen LogP contribution in [0.25, 0.3) is 11.1 Å². The van der Waals surface area contributed by atoms with Crippen LogP contribution in [0, 0.1) is 11.8 Å². The fraction of sp³-hybridized carbons (Fsp3) is 0.250. The average Bonchev–Trinajstić information content (AvgIpc) is 2.51. The van der Waals surface area contributed by atoms with Gasteiger partial charge in [0.25, 0.3) is 0 Å². The molecule has 3 heteroatoms. The molecule has 0 bridgehead atoms. The fourth-order valence-corrected chi connectivity index (χ4v) is 2.03. The zero-order valence-electron chi connectivity index (χ0n) is 13.7. The number of rotatable bonds is 2. The standard InChI is InChI=1S/C20H21NO2/c1-20(2,3)23-19(22)21-15-9-13-17-12-7-8-14-18(17)16-10-5-4-6-11-16/h4-8,10-12,14H,15H2,1-3H3,(H,21,22). The first-order valence-electron chi connectivity index (χ1n) is 7.56. The van der Waals surface area contributed by atoms with Crippen molar-refractivity contribution in [2.75, 3.05) is 6.54 Å². The van der Waals surface area contributed by atoms with Gasteiger partial charge in [-0.3, -0.25) is 0 Å². The maximum atomic E-state index is 11.6. The molecule has 0 aromatic heterocycles. The topological polar surface area (TPSA) is 38.3 Å². The number of alkyl carbamates (subject to hydrolysis) is 1. The third-order valence-corrected chi connectivity index (χ3v) is 2.95. The number of carbonyl (C=O) groups is 1. The van der Waals surface area contributed by atoms with E-state index >= 15 is 0 Å². The van der Waals surface area contributed by atoms with Crippen LogP contribution in [-0.4, -0.2) is 18.2 Å². The number of benzene rings is 2. The van der Waals surface area contributed by atoms with Crippen molar-refractivity contribution in [3.05, 3.63) is 60.2 Å². The maximum Gasteiger partial charge on any atom is 0.408 e. The predicted octanol–water partition coefficient (Wildman–Crippen LogP) is 4.23. The van der Waals surface area contributed by atoms with Gasteiger partial charge in [-0.1, -0.05) is 60.4 Å². The van der Waals surface area contributed by atoms with Crippen LogP contribution in [0.15, 0.2) is 54.6 Å². The Labute approximate surface area is 137 Å². The lowest BCUT2D eigenvalue weighted by Gasteiger charge is -2.19. The van der Waals surface area contributed by atoms with Crippen molar-refractivity contribution in [1.82, 2.24) is 5.32 Å². The van der Waals surface area contributed by atoms with Gasteiger partial charge in [0.1, 0.15) is 5.60 Å². The van der Waals surface area contributed by atoms with Gasteiger partial charge < -0.3 is 10.1 Å². The Morgan fingerprint density at radius 1 is 1.04 bits per heavy atom. The van der Waals surface area contributed by atoms with Gasteiger partial charge in [-0.15, -0.1) is 0 Å². The van der Waals surface area contributed by atoms with Crippen LogP contribution in [0.5, 0.6) is 0 Å². The highest BCUT2D eigenvalue weighted by atomic mass is 16.6. The van der Waals surface area contributed by atoms with Gasteiger partial charge in [-0.2, -0.15) is 0 Å². The maximum absolute atomic E-state index is 11.6. The van der Waals surface area contributed by atoms with Crippen LogP contribution in [0.3, 0.4) is 0 Å². The second-order valence-electron chi connectivity index (χ2n) is 6.07. The first-order chi connectivity index (χ1) is 11.0. The molecular weight excluding hydrogens is 286 g/mol. The molecule has 118 valence electrons. The van der Waals surface area contributed by atoms with Crippen molar-refractivity contribution in [3.63, 3.8) is 0 Å². The summed E-state index contributed by atoms with van der Waals surface area (Å²) in [6, 6.07) is 18.1. The molecule has 0 aliphatic heterocycles. The number of carbonyl (C=O) groups excluding carboxylic acids is 1. The molecule has 1 amide bonds. The van der Waals surface area contributed by atoms with Gasteiger partial charge in [0.05, 0.1) is 6.54 Å². The van der Waals surface area contributed by atoms with E-state index in [1.807, 2.05) is 63.2 Å². The summed E-state index contributed by atoms with van der Waals surface area (Å²) in [5.41, 5.74) is 2.64. The molecule has 0 radical (unpaired) electrons. The Morgan fingerprint density at radius 3 is 2.39 bits per heavy atom. The molecule has 3 nitrogen and oxygen atoms in total. The minimum absolute atomic E-state index is 0.248. The van der Waals surface area contributed by atoms with E-state index in [9.17, 15) is 4.79 Å². The summed E-state index contributed by atoms with van der Waals surface area (Å²) in [6.07, 6.45) is -0.455. The molecule has 2 aromatic carbocycles. The lowest BCUT2D eigenvalue weighted by molar-refractivity contribution is 0.0535. The molecule has 2 rings (SSSR count). The highest BCUT2D eigenvalue weighted by molar-refractivity contribution is 5.71. The molecule has 1 N–H and O–H groups in total. The second-order valence-corrected chi connectivity index (χ2v) is 6.07. The summed E-state index contributed by atoms with van der Waals surface area (Å²) in [7, 11) is 0. The number of nitrogens with one attached hydrogen (secondary N) is 1. The molecule has 0 unspecified atom stereocenters. The summed E-state index contributed by atoms with van der Waals surface area (Å²) in [6.45, 7) is 5.73. The second kappa shape index (κ2) is 7.51. The van der Waals surface area contributed by atoms with Crippen molar-refractivity contribution in [3.8, 4) is 23.0 Å². The number of amides is 1. The normalized spacial score (nSPS) is 10.4. The van der Waals surface area contributed by atoms with E-state index in [1.54, 1.807) is 0 Å². The SMILES string of the molecule is CC(C)(C)OC(=O)NCC#Cc1ccccc1-c1ccccc1. The summed E-state index contributed by atoms with van der Waals surface area (Å²) >= 11 is 0. The fourth-order valence-electron chi connectivity index (χ4n) is 2.03. The smallest absolute Gasteiger partial charge is 0.408 e. The number of hydrogen-bond donors (Lipinski definition) is 1. The molecule has 0 heterocycles. The Bertz CT molecular complexity index is 719. The lowest BCUT2D eigenvalue weighted by Crippen LogP contribution is -2.32. The molecule has 0 saturated heterocycles. The van der Waals surface area contributed by atoms with E-state index in [0.717, 1.165) is 16.7 Å². The van der Waals surface area contributed by atoms with E-state index in [0.29, 0.717) is 0 Å². The van der Waals surface area contributed by atoms with Gasteiger partial charge in [0, 0.05) is 5.56 Å². The first kappa shape index (κ1) is 16.6. The van der Waals surface area contributed by atoms with Gasteiger partial charge in [0.15, 0.2) is 0 Å². The third-order valence-electron chi connectivity index (χ3n) is 2.95. The minimum Gasteiger partial charge on any atom is -0.444 e. The third kappa shape index (κ3) is 5.52. The van der Waals surface area contributed by atoms with E-state index in [1.165, 1.54) is 0 Å². The van der Waals surface area contributed by atoms with Gasteiger partial charge in [0.2, 0.25) is 0 Å². The molecule has 0 spiro atoms. The van der Waals surface area contributed by atoms with Crippen LogP contribution < -0.4 is 5.32 Å². The van der Waals surface area contributed by atoms with Crippen LogP contribution >= 0.6 is 0 Å². The van der Waals surface area contributed by atoms with Crippen molar-refractivity contribution in [2.45, 2.75) is 26.4 Å². The lowest BCUT2D eigenvalue weighted by atomic mass is 10.0. The van der Waals surface area contributed by atoms with Crippen LogP contribution in [0.2, 0.25) is 0 Å². The Kier molecular flexibility index (Phi) is 5.43. The summed E-state index contributed by atoms with van der Waals surface area (Å²) in [5.74, 6) is 6.08. The van der Waals surface area contributed by atoms with E-state index in [-0.39, 0.29) is 6.54 Å². The minimum atomic E-state index is -0.503. The molecule has 0 aliphatic carbocycles. The van der Waals surface area contributed by atoms with Crippen molar-refractivity contribution in [2.24, 2.45) is 0 Å². The number of ether oxygens (including phenoxy) is 1. The molecule has 0 aliphatic rings. The van der Waals surface area contributed by atoms with Crippen LogP contribution in [-0.2, 0) is 4.74 Å². The summed E-state index contributed by atoms with van der Waals surface area (Å²) < 4.78 is 5.17. The van der Waals surface area contributed by atoms with Crippen molar-refractivity contribution >= 4 is 6.09 Å². The van der Waals surface area contributed by atoms with E-state index < -0.39 is 11.7 Å². The quantitative estimate of drug-likeness (QED) is 0.843. The monoisotopic (exact) mass is 307 g/mol. The molecule has 0 saturated carbocycles. The Balaban J connectivity index is 2.04. The zero-order valence-corrected chi connectivity index (χ0v) is 13.7. The van der Waals surface area contributed by atoms with Crippen molar-refractivity contribution < 1.29 is 9.53 Å². The Morgan fingerprint density at radius 2 is 1.70 bits per heavy atom. The van der Waals surface area contributed by atoms with E-state index in [2.05, 4.69) is 29.3 Å². The largest absolute Gasteiger partial charge is 0.444 e. The number of hydrogen-bond acceptors (Lipinski definition) is 2. The van der Waals surface area contributed by atoms with Crippen molar-refractivity contribution in [1.29, 1.82) is 0 Å². The van der Waals surface area contributed by atoms with Gasteiger partial charge >= 0.3 is 6.09 Å². The molecule has 2 aromatic rings. The Hall–Kier alpha value is -2.73. The molecular formula is C20H21NO2. The molecule has 23 heavy (non-hydrogen) atoms. The van der Waals surface area contributed by atoms with Crippen LogP contribution in [0.4, 0.5) is 4.79 Å². The highest BCUT2D eigenvalue weighted by Gasteiger charge is 2.15. The first-order valence-corrected chi connectivity index (χ1v) is 7.56. The molecule has 0 fully saturated rings. The van der Waals surface area contributed by atoms with E-state index in [4.69, 9.17) is 4.74 Å². The van der Waals surface area contributed by atoms with Crippen LogP contribution in [0.1, 0.15) is 26.3 Å². The zero-order chi connectivity index (χ0) is 16.7. The van der Waals surface area contributed by atoms with Gasteiger partial charge in [-0.25, -0.2) is 4.79 Å².